The number of hydrogen-bond acceptors (Lipinski definition) is 2. The number of benzene rings is 4. The number of hydrogen-bond donors (Lipinski definition) is 0. The van der Waals surface area contributed by atoms with Crippen LogP contribution in [0, 0.1) is 0 Å². The average molecular weight is 836 g/mol. The summed E-state index contributed by atoms with van der Waals surface area (Å²) in [4.78, 5) is 23.8. The monoisotopic (exact) mass is 836 g/mol. The Labute approximate surface area is 301 Å². The van der Waals surface area contributed by atoms with E-state index < -0.39 is 24.0 Å². The third-order valence-electron chi connectivity index (χ3n) is 6.89. The molecule has 0 saturated heterocycles. The first-order valence-electron chi connectivity index (χ1n) is 14.9. The van der Waals surface area contributed by atoms with Crippen molar-refractivity contribution in [1.29, 1.82) is 0 Å². The average Bonchev–Trinajstić information content (AvgIpc) is 3.74. The largest absolute Gasteiger partial charge is 0 e. The number of carbonyl (C=O) groups excluding carboxylic acids is 2. The molecular weight excluding hydrogens is 802 g/mol. The topological polar surface area (TPSA) is 44.0 Å². The maximum absolute atomic E-state index is 11.9. The van der Waals surface area contributed by atoms with Crippen LogP contribution >= 0.6 is 24.0 Å². The van der Waals surface area contributed by atoms with Gasteiger partial charge >= 0.3 is 33.0 Å². The van der Waals surface area contributed by atoms with Gasteiger partial charge in [0.1, 0.15) is 32.6 Å². The van der Waals surface area contributed by atoms with Crippen molar-refractivity contribution in [3.63, 3.8) is 0 Å². The summed E-state index contributed by atoms with van der Waals surface area (Å²) in [6, 6.07) is 49.4. The van der Waals surface area contributed by atoms with Crippen LogP contribution in [-0.2, 0) is 19.5 Å². The summed E-state index contributed by atoms with van der Waals surface area (Å²) in [6.45, 7) is 3.25. The molecule has 1 radical (unpaired) electrons. The van der Waals surface area contributed by atoms with Crippen LogP contribution in [0.25, 0.3) is 0 Å². The molecule has 2 heterocycles. The molecule has 0 N–H and O–H groups in total. The summed E-state index contributed by atoms with van der Waals surface area (Å²) < 4.78 is 63.5. The van der Waals surface area contributed by atoms with E-state index in [4.69, 9.17) is 0 Å². The van der Waals surface area contributed by atoms with Crippen molar-refractivity contribution in [2.75, 3.05) is 0 Å². The van der Waals surface area contributed by atoms with Crippen LogP contribution in [0.1, 0.15) is 34.8 Å². The molecule has 4 aromatic carbocycles. The van der Waals surface area contributed by atoms with Crippen molar-refractivity contribution in [2.24, 2.45) is 0 Å². The molecule has 0 unspecified atom stereocenters. The van der Waals surface area contributed by atoms with Crippen molar-refractivity contribution in [3.8, 4) is 0 Å². The van der Waals surface area contributed by atoms with E-state index in [0.29, 0.717) is 0 Å². The molecule has 0 atom stereocenters. The summed E-state index contributed by atoms with van der Waals surface area (Å²) in [7, 11) is -13.1. The fourth-order valence-electron chi connectivity index (χ4n) is 5.00. The van der Waals surface area contributed by atoms with E-state index in [1.54, 1.807) is 13.8 Å². The quantitative estimate of drug-likeness (QED) is 0.0664. The van der Waals surface area contributed by atoms with Gasteiger partial charge in [0.25, 0.3) is 0 Å². The molecule has 4 nitrogen and oxygen atoms in total. The van der Waals surface area contributed by atoms with Gasteiger partial charge in [-0.1, -0.05) is 72.8 Å². The molecule has 0 aliphatic heterocycles. The smallest absolute Gasteiger partial charge is 0 e. The van der Waals surface area contributed by atoms with Crippen molar-refractivity contribution in [3.05, 3.63) is 169 Å². The van der Waals surface area contributed by atoms with Gasteiger partial charge in [-0.3, -0.25) is 9.59 Å². The summed E-state index contributed by atoms with van der Waals surface area (Å²) in [5.74, 6) is 0.212. The Bertz CT molecular complexity index is 1760. The van der Waals surface area contributed by atoms with Crippen LogP contribution in [0.5, 0.6) is 0 Å². The predicted molar refractivity (Wildman–Crippen MR) is 194 cm³/mol. The van der Waals surface area contributed by atoms with Gasteiger partial charge in [0.15, 0.2) is 27.7 Å². The Morgan fingerprint density at radius 2 is 0.660 bits per heavy atom. The van der Waals surface area contributed by atoms with Crippen LogP contribution in [0.4, 0.5) is 25.2 Å². The fourth-order valence-corrected chi connectivity index (χ4v) is 10.2. The van der Waals surface area contributed by atoms with Gasteiger partial charge < -0.3 is 0 Å². The molecule has 6 aromatic rings. The molecule has 0 fully saturated rings. The molecule has 0 aliphatic carbocycles. The summed E-state index contributed by atoms with van der Waals surface area (Å²) in [5.41, 5.74) is 1.55. The first-order valence-corrected chi connectivity index (χ1v) is 19.8. The molecule has 0 spiro atoms. The minimum atomic E-state index is -10.7. The molecule has 50 heavy (non-hydrogen) atoms. The summed E-state index contributed by atoms with van der Waals surface area (Å²) in [6.07, 6.45) is 4.04. The van der Waals surface area contributed by atoms with E-state index in [0.717, 1.165) is 11.4 Å². The van der Waals surface area contributed by atoms with Gasteiger partial charge in [-0.25, -0.2) is 8.68 Å². The zero-order valence-electron chi connectivity index (χ0n) is 26.8. The molecule has 0 bridgehead atoms. The minimum absolute atomic E-state index is 0. The van der Waals surface area contributed by atoms with E-state index >= 15 is 0 Å². The van der Waals surface area contributed by atoms with E-state index in [9.17, 15) is 34.8 Å². The summed E-state index contributed by atoms with van der Waals surface area (Å²) >= 11 is 0. The van der Waals surface area contributed by atoms with Crippen LogP contribution in [-0.4, -0.2) is 20.2 Å². The molecule has 0 aliphatic rings. The Kier molecular flexibility index (Phi) is 13.5. The van der Waals surface area contributed by atoms with Gasteiger partial charge in [0, 0.05) is 45.7 Å². The Balaban J connectivity index is 0.000000224. The second-order valence-electron chi connectivity index (χ2n) is 10.8. The Hall–Kier alpha value is -3.73. The number of carbonyl (C=O) groups is 2. The summed E-state index contributed by atoms with van der Waals surface area (Å²) in [5, 5.41) is 5.08. The van der Waals surface area contributed by atoms with Gasteiger partial charge in [0.05, 0.1) is 0 Å². The molecule has 0 saturated carbocycles. The number of nitrogens with zero attached hydrogens (tertiary/aromatic N) is 2. The van der Waals surface area contributed by atoms with Crippen LogP contribution in [0.2, 0.25) is 0 Å². The Morgan fingerprint density at radius 3 is 0.860 bits per heavy atom. The predicted octanol–water partition coefficient (Wildman–Crippen LogP) is 10.0. The van der Waals surface area contributed by atoms with Crippen molar-refractivity contribution in [1.82, 2.24) is 8.68 Å². The van der Waals surface area contributed by atoms with E-state index in [2.05, 4.69) is 106 Å². The van der Waals surface area contributed by atoms with E-state index in [1.807, 2.05) is 60.9 Å². The normalized spacial score (nSPS) is 12.3. The maximum Gasteiger partial charge on any atom is 0 e. The minimum Gasteiger partial charge on any atom is 0 e. The van der Waals surface area contributed by atoms with Gasteiger partial charge in [-0.2, -0.15) is 0 Å². The molecule has 2 aromatic heterocycles. The van der Waals surface area contributed by atoms with Crippen molar-refractivity contribution in [2.45, 2.75) is 13.8 Å². The standard InChI is InChI=1S/2C18H16NOP.F6P.Rh/c2*1-15(20)18-13-8-14-19(18)21(16-9-4-2-5-10-16)17-11-6-3-7-12-17;1-7(2,3,4,5)6;/h2*2-14H,1H3;;/q;;-1;/p+2. The molecule has 0 amide bonds. The number of aromatic nitrogens is 2. The third-order valence-corrected chi connectivity index (χ3v) is 12.2. The van der Waals surface area contributed by atoms with E-state index in [-0.39, 0.29) is 31.0 Å². The number of ketones is 2. The van der Waals surface area contributed by atoms with Crippen molar-refractivity contribution >= 4 is 56.7 Å². The second-order valence-corrected chi connectivity index (χ2v) is 17.3. The Morgan fingerprint density at radius 1 is 0.440 bits per heavy atom. The zero-order chi connectivity index (χ0) is 35.7. The molecular formula is C36H34F6N2O2P3Rh+. The molecule has 265 valence electrons. The number of halogens is 6. The van der Waals surface area contributed by atoms with Gasteiger partial charge in [-0.05, 0) is 72.8 Å². The fraction of sp³-hybridized carbons (Fsp3) is 0.0556. The van der Waals surface area contributed by atoms with Crippen molar-refractivity contribution < 1.29 is 54.2 Å². The van der Waals surface area contributed by atoms with E-state index in [1.165, 1.54) is 21.2 Å². The number of rotatable bonds is 8. The first-order chi connectivity index (χ1) is 23.0. The van der Waals surface area contributed by atoms with Crippen LogP contribution < -0.4 is 21.2 Å². The molecule has 6 rings (SSSR count). The SMILES string of the molecule is CC(=O)c1cccn1[PH+](c1ccccc1)c1ccccc1.CC(=O)c1cccn1[PH+](c1ccccc1)c1ccccc1.F[P-](F)(F)(F)(F)F.[Rh]. The second kappa shape index (κ2) is 16.5. The van der Waals surface area contributed by atoms with Gasteiger partial charge in [0.2, 0.25) is 0 Å². The maximum atomic E-state index is 11.9. The van der Waals surface area contributed by atoms with Gasteiger partial charge in [-0.15, -0.1) is 0 Å². The van der Waals surface area contributed by atoms with Crippen LogP contribution in [0.15, 0.2) is 158 Å². The first kappa shape index (κ1) is 40.7. The third kappa shape index (κ3) is 12.9. The van der Waals surface area contributed by atoms with Crippen LogP contribution in [0.3, 0.4) is 0 Å². The molecule has 14 heteroatoms. The zero-order valence-corrected chi connectivity index (χ0v) is 31.3. The number of Topliss-reactive ketones (excluding diaryl/α,β-unsaturated/α-hetero) is 2.